The van der Waals surface area contributed by atoms with E-state index in [0.29, 0.717) is 3.63 Å². The van der Waals surface area contributed by atoms with E-state index in [2.05, 4.69) is 140 Å². The number of para-hydroxylation sites is 1. The fraction of sp³-hybridized carbons (Fsp3) is 0.238. The molecule has 4 aromatic carbocycles. The van der Waals surface area contributed by atoms with E-state index in [0.717, 1.165) is 12.8 Å². The van der Waals surface area contributed by atoms with Crippen molar-refractivity contribution in [3.63, 3.8) is 0 Å². The molecular formula is C42H41NZr. The van der Waals surface area contributed by atoms with E-state index in [-0.39, 0.29) is 0 Å². The van der Waals surface area contributed by atoms with E-state index in [1.54, 1.807) is 31.4 Å². The van der Waals surface area contributed by atoms with Gasteiger partial charge in [0.2, 0.25) is 0 Å². The van der Waals surface area contributed by atoms with Gasteiger partial charge in [-0.1, -0.05) is 60.7 Å². The zero-order valence-electron chi connectivity index (χ0n) is 26.0. The van der Waals surface area contributed by atoms with Crippen LogP contribution in [0.3, 0.4) is 0 Å². The molecule has 0 aliphatic heterocycles. The summed E-state index contributed by atoms with van der Waals surface area (Å²) in [6.07, 6.45) is 13.5. The van der Waals surface area contributed by atoms with Crippen LogP contribution >= 0.6 is 0 Å². The van der Waals surface area contributed by atoms with Crippen molar-refractivity contribution < 1.29 is 23.2 Å². The van der Waals surface area contributed by atoms with Gasteiger partial charge >= 0.3 is 191 Å². The number of aromatic nitrogens is 1. The Bertz CT molecular complexity index is 1830. The number of benzene rings is 4. The summed E-state index contributed by atoms with van der Waals surface area (Å²) in [6.45, 7) is 4.64. The second-order valence-electron chi connectivity index (χ2n) is 12.4. The summed E-state index contributed by atoms with van der Waals surface area (Å²) in [7, 11) is 0. The first-order valence-corrected chi connectivity index (χ1v) is 19.0. The van der Waals surface area contributed by atoms with Gasteiger partial charge in [0, 0.05) is 0 Å². The van der Waals surface area contributed by atoms with Crippen molar-refractivity contribution in [2.24, 2.45) is 0 Å². The molecule has 2 heteroatoms. The van der Waals surface area contributed by atoms with Crippen molar-refractivity contribution in [1.29, 1.82) is 0 Å². The fourth-order valence-electron chi connectivity index (χ4n) is 7.16. The molecule has 0 fully saturated rings. The number of rotatable bonds is 6. The molecular weight excluding hydrogens is 610 g/mol. The van der Waals surface area contributed by atoms with Crippen LogP contribution in [0.25, 0.3) is 22.7 Å². The van der Waals surface area contributed by atoms with Crippen LogP contribution in [0.2, 0.25) is 0 Å². The van der Waals surface area contributed by atoms with E-state index >= 15 is 0 Å². The summed E-state index contributed by atoms with van der Waals surface area (Å²) in [5.74, 6) is 0. The number of hydrogen-bond donors (Lipinski definition) is 0. The first-order chi connectivity index (χ1) is 21.7. The summed E-state index contributed by atoms with van der Waals surface area (Å²) < 4.78 is 5.09. The molecule has 0 spiro atoms. The zero-order valence-corrected chi connectivity index (χ0v) is 28.5. The molecule has 0 radical (unpaired) electrons. The van der Waals surface area contributed by atoms with E-state index in [4.69, 9.17) is 0 Å². The molecule has 1 unspecified atom stereocenters. The minimum absolute atomic E-state index is 0.607. The molecule has 3 aliphatic carbocycles. The summed E-state index contributed by atoms with van der Waals surface area (Å²) in [5, 5.41) is 1.49. The van der Waals surface area contributed by atoms with Crippen molar-refractivity contribution in [1.82, 2.24) is 4.57 Å². The van der Waals surface area contributed by atoms with Crippen LogP contribution in [0.15, 0.2) is 130 Å². The average Bonchev–Trinajstić information content (AvgIpc) is 3.72. The van der Waals surface area contributed by atoms with Gasteiger partial charge in [-0.05, 0) is 24.0 Å². The van der Waals surface area contributed by atoms with Crippen LogP contribution in [-0.2, 0) is 48.9 Å². The van der Waals surface area contributed by atoms with Crippen LogP contribution in [0, 0.1) is 0 Å². The Morgan fingerprint density at radius 1 is 0.705 bits per heavy atom. The molecule has 0 bridgehead atoms. The molecule has 1 atom stereocenters. The van der Waals surface area contributed by atoms with Crippen molar-refractivity contribution >= 4 is 22.7 Å². The SMILES string of the molecule is CC1=CC[C]([Zr][CH]2C(n3c4c(c5ccccc53)CCCC4)=Cc3ccccc32)=C1C.c1ccc(CCc2ccccc2)cc1. The number of allylic oxidation sites excluding steroid dienone is 5. The first-order valence-electron chi connectivity index (χ1n) is 16.3. The van der Waals surface area contributed by atoms with Gasteiger partial charge in [-0.3, -0.25) is 0 Å². The maximum absolute atomic E-state index is 2.69. The largest absolute Gasteiger partial charge is 0.0622 e. The van der Waals surface area contributed by atoms with Crippen molar-refractivity contribution in [3.05, 3.63) is 163 Å². The summed E-state index contributed by atoms with van der Waals surface area (Å²) in [6, 6.07) is 39.6. The van der Waals surface area contributed by atoms with Crippen LogP contribution in [0.1, 0.15) is 70.2 Å². The summed E-state index contributed by atoms with van der Waals surface area (Å²) >= 11 is -0.798. The maximum Gasteiger partial charge on any atom is -0.0238 e. The Morgan fingerprint density at radius 3 is 2.05 bits per heavy atom. The molecule has 3 aliphatic rings. The second kappa shape index (κ2) is 13.3. The van der Waals surface area contributed by atoms with E-state index < -0.39 is 23.2 Å². The molecule has 44 heavy (non-hydrogen) atoms. The standard InChI is InChI=1S/C21H18N.C14H14.C7H9.Zr/c1-2-8-16-14-17(13-15(16)7-1)22-20-11-5-3-9-18(20)19-10-4-6-12-21(19)22;1-3-7-13(8-4-1)11-12-14-9-5-2-6-10-14;1-6-4-3-5-7(6)2;/h1-3,5,7-9,11,13-14H,4,6,10,12H2;1-10H,11-12H2;4H,3H2,1-2H3;. The third-order valence-corrected chi connectivity index (χ3v) is 14.2. The molecule has 8 rings (SSSR count). The van der Waals surface area contributed by atoms with Gasteiger partial charge in [-0.25, -0.2) is 0 Å². The third kappa shape index (κ3) is 5.94. The maximum atomic E-state index is 2.69. The van der Waals surface area contributed by atoms with Crippen LogP contribution in [-0.4, -0.2) is 4.57 Å². The Labute approximate surface area is 274 Å². The van der Waals surface area contributed by atoms with Gasteiger partial charge in [-0.2, -0.15) is 0 Å². The van der Waals surface area contributed by atoms with Crippen molar-refractivity contribution in [2.45, 2.75) is 62.4 Å². The molecule has 0 saturated carbocycles. The van der Waals surface area contributed by atoms with Crippen LogP contribution < -0.4 is 0 Å². The van der Waals surface area contributed by atoms with Crippen molar-refractivity contribution in [3.8, 4) is 0 Å². The molecule has 5 aromatic rings. The molecule has 0 amide bonds. The average molecular weight is 651 g/mol. The first kappa shape index (κ1) is 29.2. The Morgan fingerprint density at radius 2 is 1.34 bits per heavy atom. The van der Waals surface area contributed by atoms with Gasteiger partial charge in [0.25, 0.3) is 0 Å². The monoisotopic (exact) mass is 649 g/mol. The minimum Gasteiger partial charge on any atom is -0.0622 e. The Balaban J connectivity index is 0.000000187. The molecule has 0 saturated heterocycles. The molecule has 1 heterocycles. The van der Waals surface area contributed by atoms with Crippen molar-refractivity contribution in [2.75, 3.05) is 0 Å². The third-order valence-electron chi connectivity index (χ3n) is 9.71. The topological polar surface area (TPSA) is 4.93 Å². The number of hydrogen-bond acceptors (Lipinski definition) is 0. The number of fused-ring (bicyclic) bond motifs is 4. The minimum atomic E-state index is -0.798. The normalized spacial score (nSPS) is 17.0. The zero-order chi connectivity index (χ0) is 29.9. The predicted octanol–water partition coefficient (Wildman–Crippen LogP) is 10.8. The Hall–Kier alpha value is -3.48. The van der Waals surface area contributed by atoms with Gasteiger partial charge in [0.1, 0.15) is 0 Å². The predicted molar refractivity (Wildman–Crippen MR) is 183 cm³/mol. The number of aryl methyl sites for hydroxylation is 3. The summed E-state index contributed by atoms with van der Waals surface area (Å²) in [4.78, 5) is 0. The second-order valence-corrected chi connectivity index (χ2v) is 16.0. The molecule has 218 valence electrons. The van der Waals surface area contributed by atoms with E-state index in [1.165, 1.54) is 65.3 Å². The van der Waals surface area contributed by atoms with E-state index in [9.17, 15) is 0 Å². The smallest absolute Gasteiger partial charge is 0.0238 e. The summed E-state index contributed by atoms with van der Waals surface area (Å²) in [5.41, 5.74) is 15.1. The number of nitrogens with zero attached hydrogens (tertiary/aromatic N) is 1. The molecule has 0 N–H and O–H groups in total. The Kier molecular flexibility index (Phi) is 8.81. The van der Waals surface area contributed by atoms with Gasteiger partial charge < -0.3 is 0 Å². The molecule has 1 aromatic heterocycles. The van der Waals surface area contributed by atoms with Crippen LogP contribution in [0.5, 0.6) is 0 Å². The van der Waals surface area contributed by atoms with Gasteiger partial charge in [0.15, 0.2) is 0 Å². The quantitative estimate of drug-likeness (QED) is 0.172. The van der Waals surface area contributed by atoms with E-state index in [1.807, 2.05) is 0 Å². The fourth-order valence-corrected chi connectivity index (χ4v) is 11.5. The van der Waals surface area contributed by atoms with Gasteiger partial charge in [-0.15, -0.1) is 0 Å². The van der Waals surface area contributed by atoms with Crippen LogP contribution in [0.4, 0.5) is 0 Å². The van der Waals surface area contributed by atoms with Gasteiger partial charge in [0.05, 0.1) is 0 Å². The molecule has 1 nitrogen and oxygen atoms in total.